The molecule has 0 saturated heterocycles. The van der Waals surface area contributed by atoms with Crippen LogP contribution in [0.3, 0.4) is 0 Å². The van der Waals surface area contributed by atoms with Gasteiger partial charge in [0.25, 0.3) is 0 Å². The van der Waals surface area contributed by atoms with Gasteiger partial charge in [-0.3, -0.25) is 15.6 Å². The van der Waals surface area contributed by atoms with Gasteiger partial charge in [-0.1, -0.05) is 0 Å². The Bertz CT molecular complexity index is 146. The van der Waals surface area contributed by atoms with Crippen LogP contribution in [-0.4, -0.2) is 19.0 Å². The minimum atomic E-state index is -0.191. The van der Waals surface area contributed by atoms with Crippen LogP contribution in [0.2, 0.25) is 0 Å². The summed E-state index contributed by atoms with van der Waals surface area (Å²) in [5, 5.41) is 13.6. The Kier molecular flexibility index (Phi) is 2.05. The summed E-state index contributed by atoms with van der Waals surface area (Å²) in [5.74, 6) is 0. The predicted octanol–water partition coefficient (Wildman–Crippen LogP) is -0.595. The molecular weight excluding hydrogens is 116 g/mol. The molecule has 4 nitrogen and oxygen atoms in total. The van der Waals surface area contributed by atoms with Gasteiger partial charge < -0.3 is 0 Å². The lowest BCUT2D eigenvalue weighted by atomic mass is 10.4. The van der Waals surface area contributed by atoms with E-state index in [4.69, 9.17) is 5.26 Å². The number of hydrogen-bond acceptors (Lipinski definition) is 4. The third-order valence-corrected chi connectivity index (χ3v) is 1.07. The van der Waals surface area contributed by atoms with Crippen LogP contribution in [0.5, 0.6) is 0 Å². The van der Waals surface area contributed by atoms with Crippen molar-refractivity contribution in [1.29, 1.82) is 5.26 Å². The van der Waals surface area contributed by atoms with Gasteiger partial charge in [-0.15, -0.1) is 0 Å². The topological polar surface area (TPSA) is 60.2 Å². The molecule has 1 unspecified atom stereocenters. The molecule has 1 aliphatic rings. The van der Waals surface area contributed by atoms with E-state index in [1.807, 2.05) is 12.4 Å². The molecule has 0 bridgehead atoms. The van der Waals surface area contributed by atoms with E-state index in [9.17, 15) is 0 Å². The van der Waals surface area contributed by atoms with Gasteiger partial charge in [0, 0.05) is 12.8 Å². The largest absolute Gasteiger partial charge is 0.288 e. The normalized spacial score (nSPS) is 25.0. The smallest absolute Gasteiger partial charge is 0.181 e. The number of rotatable bonds is 1. The van der Waals surface area contributed by atoms with E-state index >= 15 is 0 Å². The quantitative estimate of drug-likeness (QED) is 0.362. The molecule has 2 N–H and O–H groups in total. The Morgan fingerprint density at radius 1 is 1.89 bits per heavy atom. The van der Waals surface area contributed by atoms with E-state index < -0.39 is 0 Å². The van der Waals surface area contributed by atoms with Crippen LogP contribution in [0.4, 0.5) is 0 Å². The van der Waals surface area contributed by atoms with Crippen LogP contribution in [0.1, 0.15) is 6.42 Å². The molecule has 0 fully saturated rings. The zero-order chi connectivity index (χ0) is 6.53. The molecule has 1 rings (SSSR count). The van der Waals surface area contributed by atoms with Gasteiger partial charge in [0.15, 0.2) is 12.5 Å². The number of aliphatic imine (C=N–C) groups is 1. The van der Waals surface area contributed by atoms with Crippen LogP contribution < -0.4 is 10.6 Å². The lowest BCUT2D eigenvalue weighted by Crippen LogP contribution is -2.41. The summed E-state index contributed by atoms with van der Waals surface area (Å²) in [6.45, 7) is 0.892. The fourth-order valence-electron chi connectivity index (χ4n) is 0.667. The van der Waals surface area contributed by atoms with E-state index in [1.54, 1.807) is 0 Å². The molecule has 0 spiro atoms. The molecule has 4 heteroatoms. The molecule has 0 radical (unpaired) electrons. The van der Waals surface area contributed by atoms with E-state index in [0.29, 0.717) is 0 Å². The Balaban J connectivity index is 2.33. The summed E-state index contributed by atoms with van der Waals surface area (Å²) in [7, 11) is 0. The first kappa shape index (κ1) is 6.05. The van der Waals surface area contributed by atoms with Crippen LogP contribution in [0, 0.1) is 11.5 Å². The van der Waals surface area contributed by atoms with Gasteiger partial charge >= 0.3 is 0 Å². The minimum Gasteiger partial charge on any atom is -0.288 e. The first-order chi connectivity index (χ1) is 4.43. The zero-order valence-electron chi connectivity index (χ0n) is 4.96. The molecule has 1 heterocycles. The average Bonchev–Trinajstić information content (AvgIpc) is 1.91. The summed E-state index contributed by atoms with van der Waals surface area (Å²) in [4.78, 5) is 3.95. The van der Waals surface area contributed by atoms with Crippen LogP contribution in [-0.2, 0) is 0 Å². The highest BCUT2D eigenvalue weighted by Gasteiger charge is 2.03. The minimum absolute atomic E-state index is 0.191. The molecule has 0 aromatic heterocycles. The van der Waals surface area contributed by atoms with E-state index in [0.717, 1.165) is 13.0 Å². The summed E-state index contributed by atoms with van der Waals surface area (Å²) in [5.41, 5.74) is 0. The van der Waals surface area contributed by atoms with Gasteiger partial charge in [0.1, 0.15) is 0 Å². The summed E-state index contributed by atoms with van der Waals surface area (Å²) in [6.07, 6.45) is 4.38. The van der Waals surface area contributed by atoms with Crippen molar-refractivity contribution in [3.05, 3.63) is 0 Å². The SMILES string of the molecule is N#CNC1N=CCCN1. The fraction of sp³-hybridized carbons (Fsp3) is 0.600. The molecule has 9 heavy (non-hydrogen) atoms. The molecule has 1 aliphatic heterocycles. The Hall–Kier alpha value is -1.08. The Morgan fingerprint density at radius 2 is 2.78 bits per heavy atom. The molecule has 0 aromatic rings. The average molecular weight is 124 g/mol. The maximum atomic E-state index is 8.14. The van der Waals surface area contributed by atoms with Crippen LogP contribution in [0.25, 0.3) is 0 Å². The van der Waals surface area contributed by atoms with Crippen molar-refractivity contribution in [2.75, 3.05) is 6.54 Å². The maximum Gasteiger partial charge on any atom is 0.181 e. The first-order valence-corrected chi connectivity index (χ1v) is 2.83. The third kappa shape index (κ3) is 1.70. The highest BCUT2D eigenvalue weighted by atomic mass is 15.2. The number of nitrogens with zero attached hydrogens (tertiary/aromatic N) is 2. The maximum absolute atomic E-state index is 8.14. The van der Waals surface area contributed by atoms with Crippen LogP contribution in [0.15, 0.2) is 4.99 Å². The standard InChI is InChI=1S/C5H8N4/c6-4-9-5-7-2-1-3-8-5/h2,5,8-9H,1,3H2. The van der Waals surface area contributed by atoms with Gasteiger partial charge in [0.2, 0.25) is 0 Å². The first-order valence-electron chi connectivity index (χ1n) is 2.83. The van der Waals surface area contributed by atoms with Crippen molar-refractivity contribution in [3.63, 3.8) is 0 Å². The van der Waals surface area contributed by atoms with E-state index in [1.165, 1.54) is 0 Å². The van der Waals surface area contributed by atoms with Crippen molar-refractivity contribution in [3.8, 4) is 6.19 Å². The second-order valence-electron chi connectivity index (χ2n) is 1.73. The molecule has 0 aliphatic carbocycles. The van der Waals surface area contributed by atoms with Crippen molar-refractivity contribution >= 4 is 6.21 Å². The van der Waals surface area contributed by atoms with E-state index in [2.05, 4.69) is 15.6 Å². The van der Waals surface area contributed by atoms with Gasteiger partial charge in [-0.2, -0.15) is 5.26 Å². The Labute approximate surface area is 53.6 Å². The van der Waals surface area contributed by atoms with Crippen molar-refractivity contribution in [2.45, 2.75) is 12.7 Å². The Morgan fingerprint density at radius 3 is 3.33 bits per heavy atom. The van der Waals surface area contributed by atoms with Crippen molar-refractivity contribution in [1.82, 2.24) is 10.6 Å². The summed E-state index contributed by atoms with van der Waals surface area (Å²) in [6, 6.07) is 0. The van der Waals surface area contributed by atoms with Crippen LogP contribution >= 0.6 is 0 Å². The summed E-state index contributed by atoms with van der Waals surface area (Å²) >= 11 is 0. The van der Waals surface area contributed by atoms with Crippen molar-refractivity contribution < 1.29 is 0 Å². The number of nitriles is 1. The second kappa shape index (κ2) is 3.05. The predicted molar refractivity (Wildman–Crippen MR) is 33.6 cm³/mol. The van der Waals surface area contributed by atoms with E-state index in [-0.39, 0.29) is 6.29 Å². The molecule has 48 valence electrons. The lowest BCUT2D eigenvalue weighted by molar-refractivity contribution is 0.488. The van der Waals surface area contributed by atoms with Crippen molar-refractivity contribution in [2.24, 2.45) is 4.99 Å². The second-order valence-corrected chi connectivity index (χ2v) is 1.73. The monoisotopic (exact) mass is 124 g/mol. The number of hydrogen-bond donors (Lipinski definition) is 2. The number of nitrogens with one attached hydrogen (secondary N) is 2. The molecule has 0 aromatic carbocycles. The zero-order valence-corrected chi connectivity index (χ0v) is 4.96. The molecular formula is C5H8N4. The molecule has 0 amide bonds. The van der Waals surface area contributed by atoms with Gasteiger partial charge in [-0.25, -0.2) is 0 Å². The summed E-state index contributed by atoms with van der Waals surface area (Å²) < 4.78 is 0. The lowest BCUT2D eigenvalue weighted by Gasteiger charge is -2.14. The van der Waals surface area contributed by atoms with Gasteiger partial charge in [-0.05, 0) is 6.42 Å². The molecule has 0 saturated carbocycles. The van der Waals surface area contributed by atoms with Gasteiger partial charge in [0.05, 0.1) is 0 Å². The highest BCUT2D eigenvalue weighted by Crippen LogP contribution is 1.86. The fourth-order valence-corrected chi connectivity index (χ4v) is 0.667. The third-order valence-electron chi connectivity index (χ3n) is 1.07. The highest BCUT2D eigenvalue weighted by molar-refractivity contribution is 5.58. The molecule has 1 atom stereocenters.